The molecular weight excluding hydrogens is 1260 g/mol. The molecule has 0 N–H and O–H groups in total. The van der Waals surface area contributed by atoms with Crippen molar-refractivity contribution in [3.63, 3.8) is 0 Å². The fourth-order valence-electron chi connectivity index (χ4n) is 9.41. The summed E-state index contributed by atoms with van der Waals surface area (Å²) in [6.07, 6.45) is 8.61. The third kappa shape index (κ3) is 11.5. The van der Waals surface area contributed by atoms with Crippen LogP contribution in [0, 0.1) is 36.1 Å². The molecule has 0 atom stereocenters. The van der Waals surface area contributed by atoms with Crippen LogP contribution in [0.5, 0.6) is 23.0 Å². The first-order valence-electron chi connectivity index (χ1n) is 24.6. The van der Waals surface area contributed by atoms with Gasteiger partial charge in [0.15, 0.2) is 0 Å². The molecule has 0 unspecified atom stereocenters. The number of benzene rings is 6. The SMILES string of the molecule is CC(C)Cc1ccc(-c2c(Oc3[c-]c4c(cc3)c3ccc(Oc5[c-]c(-c6ccccn6)cc(C(C)C)c5-c5ccc(CC(C)C)cc5)[c-]c3n4-c3ncncn3)[c-]c(-c3ccccn3)cc2C(C)C)cc1.[Pt+2].[Pt+2]. The minimum atomic E-state index is 0. The summed E-state index contributed by atoms with van der Waals surface area (Å²) in [5.41, 5.74) is 13.7. The maximum Gasteiger partial charge on any atom is 2.00 e. The topological polar surface area (TPSA) is 87.8 Å². The molecule has 0 bridgehead atoms. The molecule has 0 aliphatic rings. The van der Waals surface area contributed by atoms with Crippen molar-refractivity contribution in [3.8, 4) is 73.7 Å². The number of hydrogen-bond donors (Lipinski definition) is 0. The van der Waals surface area contributed by atoms with Crippen molar-refractivity contribution in [3.05, 3.63) is 193 Å². The third-order valence-corrected chi connectivity index (χ3v) is 12.7. The zero-order chi connectivity index (χ0) is 49.2. The molecule has 4 heterocycles. The van der Waals surface area contributed by atoms with E-state index in [1.165, 1.54) is 23.8 Å². The van der Waals surface area contributed by atoms with E-state index in [2.05, 4.69) is 167 Å². The van der Waals surface area contributed by atoms with Crippen LogP contribution in [0.1, 0.15) is 89.5 Å². The van der Waals surface area contributed by atoms with Crippen molar-refractivity contribution in [2.75, 3.05) is 0 Å². The van der Waals surface area contributed by atoms with Gasteiger partial charge in [0.25, 0.3) is 0 Å². The van der Waals surface area contributed by atoms with Gasteiger partial charge in [0.05, 0.1) is 0 Å². The second kappa shape index (κ2) is 23.1. The Morgan fingerprint density at radius 3 is 1.27 bits per heavy atom. The number of rotatable bonds is 15. The van der Waals surface area contributed by atoms with Crippen LogP contribution < -0.4 is 9.47 Å². The van der Waals surface area contributed by atoms with Crippen molar-refractivity contribution in [1.82, 2.24) is 29.5 Å². The predicted molar refractivity (Wildman–Crippen MR) is 285 cm³/mol. The Bertz CT molecular complexity index is 3260. The molecule has 0 saturated heterocycles. The van der Waals surface area contributed by atoms with Crippen LogP contribution in [-0.2, 0) is 55.0 Å². The molecule has 0 fully saturated rings. The van der Waals surface area contributed by atoms with Gasteiger partial charge in [-0.1, -0.05) is 174 Å². The first kappa shape index (κ1) is 52.7. The van der Waals surface area contributed by atoms with E-state index in [1.54, 1.807) is 12.4 Å². The van der Waals surface area contributed by atoms with Gasteiger partial charge in [0, 0.05) is 35.4 Å². The van der Waals surface area contributed by atoms with Crippen molar-refractivity contribution >= 4 is 21.8 Å². The molecule has 0 saturated carbocycles. The number of fused-ring (bicyclic) bond motifs is 3. The smallest absolute Gasteiger partial charge is 0.502 e. The molecule has 10 rings (SSSR count). The molecule has 6 aromatic carbocycles. The zero-order valence-corrected chi connectivity index (χ0v) is 46.8. The van der Waals surface area contributed by atoms with E-state index in [-0.39, 0.29) is 54.0 Å². The standard InChI is InChI=1S/C63H56N6O2.2Pt/c1-39(2)29-43-15-19-45(20-16-43)61-53(41(5)6)31-47(55-13-9-11-27-65-55)33-59(61)70-49-23-25-51-52-26-24-50(36-58(52)69(57(51)35-49)63-67-37-64-38-68-63)71-60-34-48(56-14-10-12-28-66-56)32-54(42(7)8)62(60)46-21-17-44(18-22-46)30-40(3)4;;/h9-28,31-32,37-42H,29-30H2,1-8H3;;/q-4;2*+2. The summed E-state index contributed by atoms with van der Waals surface area (Å²) in [4.78, 5) is 22.9. The third-order valence-electron chi connectivity index (χ3n) is 12.7. The Morgan fingerprint density at radius 1 is 0.479 bits per heavy atom. The zero-order valence-electron chi connectivity index (χ0n) is 42.2. The van der Waals surface area contributed by atoms with Crippen molar-refractivity contribution in [2.45, 2.75) is 80.1 Å². The van der Waals surface area contributed by atoms with E-state index >= 15 is 0 Å². The molecule has 0 aliphatic heterocycles. The number of ether oxygens (including phenoxy) is 2. The molecule has 0 spiro atoms. The summed E-state index contributed by atoms with van der Waals surface area (Å²) in [6.45, 7) is 17.8. The molecule has 0 radical (unpaired) electrons. The molecule has 0 amide bonds. The van der Waals surface area contributed by atoms with E-state index in [9.17, 15) is 0 Å². The first-order valence-corrected chi connectivity index (χ1v) is 24.6. The summed E-state index contributed by atoms with van der Waals surface area (Å²) in [6, 6.07) is 56.5. The summed E-state index contributed by atoms with van der Waals surface area (Å²) in [5, 5.41) is 1.83. The summed E-state index contributed by atoms with van der Waals surface area (Å²) in [5.74, 6) is 4.02. The van der Waals surface area contributed by atoms with E-state index in [0.717, 1.165) is 79.5 Å². The second-order valence-corrected chi connectivity index (χ2v) is 19.7. The van der Waals surface area contributed by atoms with Crippen LogP contribution in [0.2, 0.25) is 0 Å². The van der Waals surface area contributed by atoms with Gasteiger partial charge in [-0.15, -0.1) is 58.7 Å². The number of nitrogens with zero attached hydrogens (tertiary/aromatic N) is 6. The maximum atomic E-state index is 7.02. The maximum absolute atomic E-state index is 7.02. The van der Waals surface area contributed by atoms with Gasteiger partial charge in [-0.25, -0.2) is 15.0 Å². The van der Waals surface area contributed by atoms with Gasteiger partial charge >= 0.3 is 42.1 Å². The van der Waals surface area contributed by atoms with Crippen LogP contribution in [-0.4, -0.2) is 29.5 Å². The summed E-state index contributed by atoms with van der Waals surface area (Å²) >= 11 is 0. The van der Waals surface area contributed by atoms with Gasteiger partial charge in [-0.2, -0.15) is 22.9 Å². The minimum Gasteiger partial charge on any atom is -0.502 e. The van der Waals surface area contributed by atoms with Crippen molar-refractivity contribution < 1.29 is 51.6 Å². The molecule has 10 aromatic rings. The quantitative estimate of drug-likeness (QED) is 0.0945. The van der Waals surface area contributed by atoms with Crippen molar-refractivity contribution in [2.24, 2.45) is 11.8 Å². The van der Waals surface area contributed by atoms with Gasteiger partial charge in [-0.3, -0.25) is 0 Å². The van der Waals surface area contributed by atoms with Crippen LogP contribution in [0.3, 0.4) is 0 Å². The Kier molecular flexibility index (Phi) is 16.7. The fourth-order valence-corrected chi connectivity index (χ4v) is 9.41. The molecule has 73 heavy (non-hydrogen) atoms. The van der Waals surface area contributed by atoms with Crippen LogP contribution in [0.15, 0.2) is 146 Å². The van der Waals surface area contributed by atoms with Crippen LogP contribution in [0.25, 0.3) is 72.5 Å². The first-order chi connectivity index (χ1) is 34.5. The molecule has 8 nitrogen and oxygen atoms in total. The molecule has 10 heteroatoms. The average molecular weight is 1320 g/mol. The second-order valence-electron chi connectivity index (χ2n) is 19.7. The van der Waals surface area contributed by atoms with E-state index in [1.807, 2.05) is 53.1 Å². The summed E-state index contributed by atoms with van der Waals surface area (Å²) < 4.78 is 16.0. The normalized spacial score (nSPS) is 11.4. The molecule has 0 aliphatic carbocycles. The Labute approximate surface area is 458 Å². The monoisotopic (exact) mass is 1320 g/mol. The average Bonchev–Trinajstić information content (AvgIpc) is 3.69. The predicted octanol–water partition coefficient (Wildman–Crippen LogP) is 15.9. The Hall–Kier alpha value is -6.59. The van der Waals surface area contributed by atoms with E-state index < -0.39 is 0 Å². The Balaban J connectivity index is 0.00000356. The molecule has 4 aromatic heterocycles. The van der Waals surface area contributed by atoms with E-state index in [0.29, 0.717) is 51.8 Å². The van der Waals surface area contributed by atoms with Gasteiger partial charge in [0.1, 0.15) is 12.7 Å². The minimum absolute atomic E-state index is 0. The van der Waals surface area contributed by atoms with Gasteiger partial charge in [-0.05, 0) is 71.2 Å². The summed E-state index contributed by atoms with van der Waals surface area (Å²) in [7, 11) is 0. The van der Waals surface area contributed by atoms with Crippen LogP contribution in [0.4, 0.5) is 0 Å². The fraction of sp³-hybridized carbons (Fsp3) is 0.222. The van der Waals surface area contributed by atoms with Crippen LogP contribution >= 0.6 is 0 Å². The molecular formula is C63H56N6O2Pt2. The largest absolute Gasteiger partial charge is 2.00 e. The number of pyridine rings is 2. The van der Waals surface area contributed by atoms with Crippen molar-refractivity contribution in [1.29, 1.82) is 0 Å². The number of hydrogen-bond acceptors (Lipinski definition) is 7. The molecule has 370 valence electrons. The van der Waals surface area contributed by atoms with Gasteiger partial charge in [0.2, 0.25) is 5.95 Å². The van der Waals surface area contributed by atoms with Gasteiger partial charge < -0.3 is 24.0 Å². The Morgan fingerprint density at radius 2 is 0.904 bits per heavy atom. The van der Waals surface area contributed by atoms with E-state index in [4.69, 9.17) is 19.4 Å². The number of aromatic nitrogens is 6.